The first-order valence-corrected chi connectivity index (χ1v) is 2.18. The highest BCUT2D eigenvalue weighted by Gasteiger charge is 2.03. The third-order valence-electron chi connectivity index (χ3n) is 0.615. The van der Waals surface area contributed by atoms with Crippen LogP contribution in [0.4, 0.5) is 0 Å². The standard InChI is InChI=1S/C4H8N2O2/c1-3(5)4(8)6-2-7/h2-3H,5H2,1H3,(H,6,7,8)/t3-/m1/s1. The Morgan fingerprint density at radius 3 is 2.50 bits per heavy atom. The van der Waals surface area contributed by atoms with Crippen LogP contribution in [0.1, 0.15) is 6.92 Å². The summed E-state index contributed by atoms with van der Waals surface area (Å²) in [6.07, 6.45) is 0.311. The number of carbonyl (C=O) groups excluding carboxylic acids is 2. The fourth-order valence-electron chi connectivity index (χ4n) is 0.190. The zero-order chi connectivity index (χ0) is 6.57. The van der Waals surface area contributed by atoms with E-state index in [1.807, 2.05) is 5.32 Å². The maximum Gasteiger partial charge on any atom is 0.242 e. The molecular weight excluding hydrogens is 108 g/mol. The summed E-state index contributed by atoms with van der Waals surface area (Å²) in [6, 6.07) is -0.611. The van der Waals surface area contributed by atoms with Gasteiger partial charge in [-0.2, -0.15) is 0 Å². The van der Waals surface area contributed by atoms with Crippen molar-refractivity contribution in [3.8, 4) is 0 Å². The van der Waals surface area contributed by atoms with Gasteiger partial charge in [-0.15, -0.1) is 0 Å². The van der Waals surface area contributed by atoms with Gasteiger partial charge in [0.25, 0.3) is 0 Å². The molecule has 0 aromatic heterocycles. The molecule has 0 rings (SSSR count). The molecule has 4 nitrogen and oxygen atoms in total. The predicted molar refractivity (Wildman–Crippen MR) is 27.9 cm³/mol. The first-order valence-electron chi connectivity index (χ1n) is 2.18. The molecule has 1 atom stereocenters. The fourth-order valence-corrected chi connectivity index (χ4v) is 0.190. The Morgan fingerprint density at radius 2 is 2.38 bits per heavy atom. The maximum atomic E-state index is 10.3. The van der Waals surface area contributed by atoms with Gasteiger partial charge in [0, 0.05) is 0 Å². The maximum absolute atomic E-state index is 10.3. The Bertz CT molecular complexity index is 100. The lowest BCUT2D eigenvalue weighted by atomic mass is 10.3. The van der Waals surface area contributed by atoms with E-state index in [0.29, 0.717) is 6.41 Å². The lowest BCUT2D eigenvalue weighted by Gasteiger charge is -1.98. The van der Waals surface area contributed by atoms with Crippen LogP contribution in [0.3, 0.4) is 0 Å². The molecule has 0 saturated carbocycles. The second kappa shape index (κ2) is 3.15. The van der Waals surface area contributed by atoms with Gasteiger partial charge in [0.1, 0.15) is 0 Å². The van der Waals surface area contributed by atoms with E-state index in [2.05, 4.69) is 0 Å². The van der Waals surface area contributed by atoms with E-state index < -0.39 is 11.9 Å². The molecule has 46 valence electrons. The van der Waals surface area contributed by atoms with Crippen molar-refractivity contribution >= 4 is 12.3 Å². The summed E-state index contributed by atoms with van der Waals surface area (Å²) in [5.41, 5.74) is 5.05. The number of hydrogen-bond acceptors (Lipinski definition) is 3. The van der Waals surface area contributed by atoms with Crippen LogP contribution in [0.15, 0.2) is 0 Å². The van der Waals surface area contributed by atoms with Gasteiger partial charge in [-0.25, -0.2) is 0 Å². The summed E-state index contributed by atoms with van der Waals surface area (Å²) in [6.45, 7) is 1.50. The molecule has 0 aliphatic carbocycles. The zero-order valence-corrected chi connectivity index (χ0v) is 4.55. The van der Waals surface area contributed by atoms with E-state index in [0.717, 1.165) is 0 Å². The first-order chi connectivity index (χ1) is 3.68. The smallest absolute Gasteiger partial charge is 0.242 e. The van der Waals surface area contributed by atoms with E-state index in [1.54, 1.807) is 0 Å². The van der Waals surface area contributed by atoms with Crippen LogP contribution in [-0.4, -0.2) is 18.4 Å². The number of nitrogens with one attached hydrogen (secondary N) is 1. The van der Waals surface area contributed by atoms with Gasteiger partial charge in [-0.3, -0.25) is 14.9 Å². The third-order valence-corrected chi connectivity index (χ3v) is 0.615. The van der Waals surface area contributed by atoms with E-state index in [1.165, 1.54) is 6.92 Å². The second-order valence-electron chi connectivity index (χ2n) is 1.42. The summed E-state index contributed by atoms with van der Waals surface area (Å²) in [7, 11) is 0. The molecule has 0 unspecified atom stereocenters. The van der Waals surface area contributed by atoms with Crippen molar-refractivity contribution in [1.29, 1.82) is 0 Å². The monoisotopic (exact) mass is 116 g/mol. The van der Waals surface area contributed by atoms with Crippen LogP contribution in [0.2, 0.25) is 0 Å². The van der Waals surface area contributed by atoms with Crippen LogP contribution in [0.25, 0.3) is 0 Å². The zero-order valence-electron chi connectivity index (χ0n) is 4.55. The van der Waals surface area contributed by atoms with Crippen LogP contribution in [0, 0.1) is 0 Å². The van der Waals surface area contributed by atoms with Crippen LogP contribution in [-0.2, 0) is 9.59 Å². The van der Waals surface area contributed by atoms with Crippen LogP contribution in [0.5, 0.6) is 0 Å². The predicted octanol–water partition coefficient (Wildman–Crippen LogP) is -1.39. The molecule has 4 heteroatoms. The third kappa shape index (κ3) is 2.30. The molecule has 2 amide bonds. The van der Waals surface area contributed by atoms with E-state index in [-0.39, 0.29) is 0 Å². The Balaban J connectivity index is 3.48. The van der Waals surface area contributed by atoms with Crippen molar-refractivity contribution in [2.45, 2.75) is 13.0 Å². The lowest BCUT2D eigenvalue weighted by molar-refractivity contribution is -0.125. The van der Waals surface area contributed by atoms with Gasteiger partial charge in [-0.1, -0.05) is 0 Å². The lowest BCUT2D eigenvalue weighted by Crippen LogP contribution is -2.37. The van der Waals surface area contributed by atoms with Crippen molar-refractivity contribution in [3.05, 3.63) is 0 Å². The minimum Gasteiger partial charge on any atom is -0.320 e. The number of imide groups is 1. The molecule has 0 heterocycles. The Morgan fingerprint density at radius 1 is 1.88 bits per heavy atom. The van der Waals surface area contributed by atoms with Crippen molar-refractivity contribution in [3.63, 3.8) is 0 Å². The molecule has 8 heavy (non-hydrogen) atoms. The Kier molecular flexibility index (Phi) is 2.79. The molecule has 0 spiro atoms. The Labute approximate surface area is 47.0 Å². The molecule has 0 bridgehead atoms. The summed E-state index contributed by atoms with van der Waals surface area (Å²) in [5, 5.41) is 1.90. The van der Waals surface area contributed by atoms with Crippen LogP contribution < -0.4 is 11.1 Å². The average molecular weight is 116 g/mol. The molecule has 0 saturated heterocycles. The summed E-state index contributed by atoms with van der Waals surface area (Å²) in [4.78, 5) is 19.8. The van der Waals surface area contributed by atoms with Gasteiger partial charge in [-0.05, 0) is 6.92 Å². The summed E-state index contributed by atoms with van der Waals surface area (Å²) < 4.78 is 0. The van der Waals surface area contributed by atoms with Crippen LogP contribution >= 0.6 is 0 Å². The number of nitrogens with two attached hydrogens (primary N) is 1. The second-order valence-corrected chi connectivity index (χ2v) is 1.42. The minimum atomic E-state index is -0.611. The van der Waals surface area contributed by atoms with E-state index >= 15 is 0 Å². The molecule has 0 aromatic carbocycles. The number of rotatable bonds is 2. The summed E-state index contributed by atoms with van der Waals surface area (Å²) in [5.74, 6) is -0.458. The number of hydrogen-bond donors (Lipinski definition) is 2. The van der Waals surface area contributed by atoms with Crippen molar-refractivity contribution in [2.75, 3.05) is 0 Å². The van der Waals surface area contributed by atoms with Gasteiger partial charge in [0.15, 0.2) is 0 Å². The molecule has 0 radical (unpaired) electrons. The molecule has 0 aliphatic heterocycles. The number of amides is 2. The van der Waals surface area contributed by atoms with Crippen molar-refractivity contribution in [2.24, 2.45) is 5.73 Å². The molecule has 0 aromatic rings. The highest BCUT2D eigenvalue weighted by atomic mass is 16.2. The molecule has 0 aliphatic rings. The molecule has 3 N–H and O–H groups in total. The number of carbonyl (C=O) groups is 2. The highest BCUT2D eigenvalue weighted by molar-refractivity contribution is 5.89. The normalized spacial score (nSPS) is 12.2. The fraction of sp³-hybridized carbons (Fsp3) is 0.500. The van der Waals surface area contributed by atoms with Gasteiger partial charge >= 0.3 is 0 Å². The first kappa shape index (κ1) is 7.10. The van der Waals surface area contributed by atoms with Crippen molar-refractivity contribution < 1.29 is 9.59 Å². The van der Waals surface area contributed by atoms with E-state index in [4.69, 9.17) is 5.73 Å². The Hall–Kier alpha value is -0.900. The topological polar surface area (TPSA) is 72.2 Å². The molecule has 0 fully saturated rings. The molecular formula is C4H8N2O2. The van der Waals surface area contributed by atoms with E-state index in [9.17, 15) is 9.59 Å². The average Bonchev–Trinajstić information content (AvgIpc) is 1.67. The largest absolute Gasteiger partial charge is 0.320 e. The van der Waals surface area contributed by atoms with Gasteiger partial charge < -0.3 is 5.73 Å². The van der Waals surface area contributed by atoms with Gasteiger partial charge in [0.2, 0.25) is 12.3 Å². The highest BCUT2D eigenvalue weighted by Crippen LogP contribution is 1.69. The minimum absolute atomic E-state index is 0.311. The van der Waals surface area contributed by atoms with Crippen molar-refractivity contribution in [1.82, 2.24) is 5.32 Å². The SMILES string of the molecule is C[C@@H](N)C(=O)NC=O. The summed E-state index contributed by atoms with van der Waals surface area (Å²) >= 11 is 0. The quantitative estimate of drug-likeness (QED) is 0.436. The van der Waals surface area contributed by atoms with Gasteiger partial charge in [0.05, 0.1) is 6.04 Å².